The number of hydrogen-bond donors (Lipinski definition) is 1. The highest BCUT2D eigenvalue weighted by molar-refractivity contribution is 6.32. The van der Waals surface area contributed by atoms with E-state index in [-0.39, 0.29) is 11.2 Å². The van der Waals surface area contributed by atoms with Gasteiger partial charge < -0.3 is 10.5 Å². The molecule has 0 amide bonds. The first-order valence-corrected chi connectivity index (χ1v) is 5.24. The Labute approximate surface area is 93.2 Å². The van der Waals surface area contributed by atoms with Crippen LogP contribution in [0.15, 0.2) is 12.1 Å². The topological polar surface area (TPSA) is 35.2 Å². The predicted octanol–water partition coefficient (Wildman–Crippen LogP) is 2.48. The Kier molecular flexibility index (Phi) is 2.61. The van der Waals surface area contributed by atoms with Gasteiger partial charge in [-0.15, -0.1) is 0 Å². The molecule has 0 spiro atoms. The number of halogens is 2. The SMILES string of the molecule is COc1cc(F)c(C2(CN)CC2)cc1Cl. The van der Waals surface area contributed by atoms with Crippen molar-refractivity contribution in [2.24, 2.45) is 5.73 Å². The van der Waals surface area contributed by atoms with Gasteiger partial charge in [0, 0.05) is 18.0 Å². The lowest BCUT2D eigenvalue weighted by Crippen LogP contribution is -2.21. The number of ether oxygens (including phenoxy) is 1. The van der Waals surface area contributed by atoms with Crippen molar-refractivity contribution in [3.05, 3.63) is 28.5 Å². The van der Waals surface area contributed by atoms with Crippen molar-refractivity contribution >= 4 is 11.6 Å². The predicted molar refractivity (Wildman–Crippen MR) is 57.9 cm³/mol. The zero-order valence-corrected chi connectivity index (χ0v) is 9.27. The second kappa shape index (κ2) is 3.65. The monoisotopic (exact) mass is 229 g/mol. The Hall–Kier alpha value is -0.800. The van der Waals surface area contributed by atoms with Crippen molar-refractivity contribution in [3.63, 3.8) is 0 Å². The molecule has 0 bridgehead atoms. The zero-order chi connectivity index (χ0) is 11.1. The van der Waals surface area contributed by atoms with E-state index in [4.69, 9.17) is 22.1 Å². The Morgan fingerprint density at radius 1 is 1.53 bits per heavy atom. The van der Waals surface area contributed by atoms with Gasteiger partial charge in [0.25, 0.3) is 0 Å². The Balaban J connectivity index is 2.45. The molecule has 0 saturated heterocycles. The first-order valence-electron chi connectivity index (χ1n) is 4.86. The largest absolute Gasteiger partial charge is 0.495 e. The van der Waals surface area contributed by atoms with Gasteiger partial charge in [-0.2, -0.15) is 0 Å². The van der Waals surface area contributed by atoms with Crippen LogP contribution >= 0.6 is 11.6 Å². The first-order chi connectivity index (χ1) is 7.13. The fraction of sp³-hybridized carbons (Fsp3) is 0.455. The van der Waals surface area contributed by atoms with E-state index in [0.29, 0.717) is 22.9 Å². The number of hydrogen-bond acceptors (Lipinski definition) is 2. The third-order valence-corrected chi connectivity index (χ3v) is 3.35. The van der Waals surface area contributed by atoms with Crippen molar-refractivity contribution in [1.29, 1.82) is 0 Å². The maximum absolute atomic E-state index is 13.7. The summed E-state index contributed by atoms with van der Waals surface area (Å²) in [5, 5.41) is 0.439. The minimum atomic E-state index is -0.279. The molecule has 2 N–H and O–H groups in total. The maximum Gasteiger partial charge on any atom is 0.140 e. The number of benzene rings is 1. The van der Waals surface area contributed by atoms with Crippen LogP contribution in [0.4, 0.5) is 4.39 Å². The summed E-state index contributed by atoms with van der Waals surface area (Å²) in [7, 11) is 1.47. The van der Waals surface area contributed by atoms with Crippen LogP contribution in [0.5, 0.6) is 5.75 Å². The average molecular weight is 230 g/mol. The lowest BCUT2D eigenvalue weighted by atomic mass is 9.95. The average Bonchev–Trinajstić information content (AvgIpc) is 3.01. The Morgan fingerprint density at radius 3 is 2.67 bits per heavy atom. The third-order valence-electron chi connectivity index (χ3n) is 3.06. The fourth-order valence-corrected chi connectivity index (χ4v) is 2.07. The van der Waals surface area contributed by atoms with Crippen molar-refractivity contribution in [1.82, 2.24) is 0 Å². The molecule has 4 heteroatoms. The highest BCUT2D eigenvalue weighted by atomic mass is 35.5. The molecule has 0 atom stereocenters. The lowest BCUT2D eigenvalue weighted by Gasteiger charge is -2.15. The molecule has 0 aliphatic heterocycles. The Bertz CT molecular complexity index is 390. The fourth-order valence-electron chi connectivity index (χ4n) is 1.83. The van der Waals surface area contributed by atoms with Crippen LogP contribution in [0, 0.1) is 5.82 Å². The van der Waals surface area contributed by atoms with Crippen molar-refractivity contribution in [2.75, 3.05) is 13.7 Å². The van der Waals surface area contributed by atoms with Crippen LogP contribution in [-0.4, -0.2) is 13.7 Å². The summed E-state index contributed by atoms with van der Waals surface area (Å²) in [5.74, 6) is 0.0879. The number of nitrogens with two attached hydrogens (primary N) is 1. The molecule has 1 saturated carbocycles. The standard InChI is InChI=1S/C11H13ClFNO/c1-15-10-5-9(13)7(4-8(10)12)11(6-14)2-3-11/h4-5H,2-3,6,14H2,1H3. The summed E-state index contributed by atoms with van der Waals surface area (Å²) >= 11 is 5.96. The van der Waals surface area contributed by atoms with Gasteiger partial charge in [-0.05, 0) is 24.5 Å². The van der Waals surface area contributed by atoms with E-state index in [9.17, 15) is 4.39 Å². The van der Waals surface area contributed by atoms with E-state index in [1.54, 1.807) is 6.07 Å². The second-order valence-electron chi connectivity index (χ2n) is 3.95. The van der Waals surface area contributed by atoms with Crippen LogP contribution in [0.3, 0.4) is 0 Å². The highest BCUT2D eigenvalue weighted by Crippen LogP contribution is 2.49. The van der Waals surface area contributed by atoms with Gasteiger partial charge in [-0.25, -0.2) is 4.39 Å². The van der Waals surface area contributed by atoms with Crippen LogP contribution in [0.2, 0.25) is 5.02 Å². The molecular weight excluding hydrogens is 217 g/mol. The van der Waals surface area contributed by atoms with Crippen LogP contribution in [0.1, 0.15) is 18.4 Å². The molecule has 0 aromatic heterocycles. The van der Waals surface area contributed by atoms with Crippen molar-refractivity contribution in [3.8, 4) is 5.75 Å². The van der Waals surface area contributed by atoms with Crippen LogP contribution < -0.4 is 10.5 Å². The molecule has 1 aromatic carbocycles. The molecular formula is C11H13ClFNO. The molecule has 1 fully saturated rings. The number of rotatable bonds is 3. The van der Waals surface area contributed by atoms with Crippen LogP contribution in [-0.2, 0) is 5.41 Å². The molecule has 0 radical (unpaired) electrons. The summed E-state index contributed by atoms with van der Waals surface area (Å²) < 4.78 is 18.7. The molecule has 1 aromatic rings. The third kappa shape index (κ3) is 1.70. The number of methoxy groups -OCH3 is 1. The van der Waals surface area contributed by atoms with E-state index in [1.165, 1.54) is 13.2 Å². The molecule has 1 aliphatic carbocycles. The zero-order valence-electron chi connectivity index (χ0n) is 8.52. The minimum Gasteiger partial charge on any atom is -0.495 e. The molecule has 2 rings (SSSR count). The highest BCUT2D eigenvalue weighted by Gasteiger charge is 2.45. The summed E-state index contributed by atoms with van der Waals surface area (Å²) in [6.45, 7) is 0.465. The molecule has 0 unspecified atom stereocenters. The van der Waals surface area contributed by atoms with Crippen molar-refractivity contribution < 1.29 is 9.13 Å². The second-order valence-corrected chi connectivity index (χ2v) is 4.36. The van der Waals surface area contributed by atoms with Crippen molar-refractivity contribution in [2.45, 2.75) is 18.3 Å². The summed E-state index contributed by atoms with van der Waals surface area (Å²) in [4.78, 5) is 0. The van der Waals surface area contributed by atoms with Gasteiger partial charge in [0.2, 0.25) is 0 Å². The van der Waals surface area contributed by atoms with Gasteiger partial charge in [-0.1, -0.05) is 11.6 Å². The molecule has 82 valence electrons. The Morgan fingerprint density at radius 2 is 2.20 bits per heavy atom. The summed E-state index contributed by atoms with van der Waals surface area (Å²) in [6.07, 6.45) is 1.87. The maximum atomic E-state index is 13.7. The van der Waals surface area contributed by atoms with Gasteiger partial charge in [0.15, 0.2) is 0 Å². The van der Waals surface area contributed by atoms with Crippen LogP contribution in [0.25, 0.3) is 0 Å². The molecule has 15 heavy (non-hydrogen) atoms. The van der Waals surface area contributed by atoms with Gasteiger partial charge in [0.05, 0.1) is 12.1 Å². The lowest BCUT2D eigenvalue weighted by molar-refractivity contribution is 0.410. The van der Waals surface area contributed by atoms with E-state index in [1.807, 2.05) is 0 Å². The van der Waals surface area contributed by atoms with E-state index in [0.717, 1.165) is 12.8 Å². The first kappa shape index (κ1) is 10.7. The van der Waals surface area contributed by atoms with E-state index < -0.39 is 0 Å². The molecule has 0 heterocycles. The van der Waals surface area contributed by atoms with Gasteiger partial charge >= 0.3 is 0 Å². The van der Waals surface area contributed by atoms with Gasteiger partial charge in [0.1, 0.15) is 11.6 Å². The minimum absolute atomic E-state index is 0.181. The molecule has 1 aliphatic rings. The smallest absolute Gasteiger partial charge is 0.140 e. The quantitative estimate of drug-likeness (QED) is 0.864. The van der Waals surface area contributed by atoms with Gasteiger partial charge in [-0.3, -0.25) is 0 Å². The van der Waals surface area contributed by atoms with E-state index >= 15 is 0 Å². The normalized spacial score (nSPS) is 17.6. The summed E-state index contributed by atoms with van der Waals surface area (Å²) in [6, 6.07) is 2.96. The van der Waals surface area contributed by atoms with E-state index in [2.05, 4.69) is 0 Å². The molecule has 2 nitrogen and oxygen atoms in total. The summed E-state index contributed by atoms with van der Waals surface area (Å²) in [5.41, 5.74) is 6.09.